The Kier molecular flexibility index (Phi) is 4.56. The molecule has 0 bridgehead atoms. The van der Waals surface area contributed by atoms with E-state index in [-0.39, 0.29) is 18.5 Å². The Morgan fingerprint density at radius 2 is 2.00 bits per heavy atom. The van der Waals surface area contributed by atoms with Crippen molar-refractivity contribution in [2.24, 2.45) is 0 Å². The lowest BCUT2D eigenvalue weighted by molar-refractivity contribution is 0.242. The van der Waals surface area contributed by atoms with E-state index in [4.69, 9.17) is 5.11 Å². The van der Waals surface area contributed by atoms with Crippen LogP contribution in [0.1, 0.15) is 12.0 Å². The Balaban J connectivity index is 2.41. The van der Waals surface area contributed by atoms with Crippen LogP contribution < -0.4 is 5.32 Å². The molecular weight excluding hydrogens is 181 g/mol. The smallest absolute Gasteiger partial charge is 0.123 e. The molecule has 2 nitrogen and oxygen atoms in total. The summed E-state index contributed by atoms with van der Waals surface area (Å²) in [6.07, 6.45) is 1.71. The molecule has 1 unspecified atom stereocenters. The van der Waals surface area contributed by atoms with Gasteiger partial charge in [-0.1, -0.05) is 12.1 Å². The lowest BCUT2D eigenvalue weighted by Gasteiger charge is -2.12. The highest BCUT2D eigenvalue weighted by atomic mass is 19.1. The third-order valence-electron chi connectivity index (χ3n) is 2.32. The summed E-state index contributed by atoms with van der Waals surface area (Å²) in [4.78, 5) is 0. The molecule has 2 N–H and O–H groups in total. The minimum atomic E-state index is -0.207. The van der Waals surface area contributed by atoms with Gasteiger partial charge in [0.25, 0.3) is 0 Å². The van der Waals surface area contributed by atoms with E-state index in [9.17, 15) is 4.39 Å². The summed E-state index contributed by atoms with van der Waals surface area (Å²) in [5.41, 5.74) is 1.10. The molecule has 0 fully saturated rings. The predicted octanol–water partition coefficient (Wildman–Crippen LogP) is 1.34. The number of nitrogens with one attached hydrogen (secondary N) is 1. The van der Waals surface area contributed by atoms with Crippen LogP contribution in [0.5, 0.6) is 0 Å². The molecule has 0 amide bonds. The number of likely N-dealkylation sites (N-methyl/N-ethyl adjacent to an activating group) is 1. The number of hydrogen-bond donors (Lipinski definition) is 2. The van der Waals surface area contributed by atoms with Gasteiger partial charge >= 0.3 is 0 Å². The first-order chi connectivity index (χ1) is 6.76. The van der Waals surface area contributed by atoms with Crippen LogP contribution in [0.25, 0.3) is 0 Å². The number of hydrogen-bond acceptors (Lipinski definition) is 2. The first-order valence-corrected chi connectivity index (χ1v) is 4.79. The molecule has 0 aliphatic rings. The van der Waals surface area contributed by atoms with E-state index in [1.165, 1.54) is 12.1 Å². The van der Waals surface area contributed by atoms with Crippen LogP contribution in [0.3, 0.4) is 0 Å². The summed E-state index contributed by atoms with van der Waals surface area (Å²) >= 11 is 0. The molecule has 1 aromatic carbocycles. The quantitative estimate of drug-likeness (QED) is 0.746. The summed E-state index contributed by atoms with van der Waals surface area (Å²) in [5, 5.41) is 11.9. The largest absolute Gasteiger partial charge is 0.395 e. The van der Waals surface area contributed by atoms with Crippen molar-refractivity contribution in [2.45, 2.75) is 18.9 Å². The maximum absolute atomic E-state index is 12.6. The van der Waals surface area contributed by atoms with E-state index < -0.39 is 0 Å². The fourth-order valence-corrected chi connectivity index (χ4v) is 1.32. The molecule has 0 saturated heterocycles. The average molecular weight is 197 g/mol. The van der Waals surface area contributed by atoms with Gasteiger partial charge in [0.2, 0.25) is 0 Å². The van der Waals surface area contributed by atoms with Gasteiger partial charge in [0.15, 0.2) is 0 Å². The molecule has 0 spiro atoms. The molecule has 3 heteroatoms. The minimum Gasteiger partial charge on any atom is -0.395 e. The lowest BCUT2D eigenvalue weighted by atomic mass is 10.1. The van der Waals surface area contributed by atoms with Crippen molar-refractivity contribution in [2.75, 3.05) is 13.7 Å². The van der Waals surface area contributed by atoms with E-state index in [2.05, 4.69) is 5.32 Å². The topological polar surface area (TPSA) is 32.3 Å². The third-order valence-corrected chi connectivity index (χ3v) is 2.32. The van der Waals surface area contributed by atoms with Gasteiger partial charge in [0.1, 0.15) is 5.82 Å². The second kappa shape index (κ2) is 5.73. The van der Waals surface area contributed by atoms with Gasteiger partial charge in [-0.25, -0.2) is 4.39 Å². The van der Waals surface area contributed by atoms with E-state index >= 15 is 0 Å². The monoisotopic (exact) mass is 197 g/mol. The van der Waals surface area contributed by atoms with E-state index in [0.717, 1.165) is 18.4 Å². The molecule has 0 saturated carbocycles. The standard InChI is InChI=1S/C11H16FNO/c1-13-11(8-14)7-4-9-2-5-10(12)6-3-9/h2-3,5-6,11,13-14H,4,7-8H2,1H3. The number of rotatable bonds is 5. The zero-order valence-electron chi connectivity index (χ0n) is 8.33. The maximum Gasteiger partial charge on any atom is 0.123 e. The van der Waals surface area contributed by atoms with Crippen molar-refractivity contribution in [3.05, 3.63) is 35.6 Å². The Morgan fingerprint density at radius 1 is 1.36 bits per heavy atom. The van der Waals surface area contributed by atoms with Crippen LogP contribution in [0.15, 0.2) is 24.3 Å². The van der Waals surface area contributed by atoms with Crippen molar-refractivity contribution in [3.8, 4) is 0 Å². The molecule has 14 heavy (non-hydrogen) atoms. The molecular formula is C11H16FNO. The van der Waals surface area contributed by atoms with Crippen LogP contribution in [0, 0.1) is 5.82 Å². The van der Waals surface area contributed by atoms with Crippen LogP contribution >= 0.6 is 0 Å². The minimum absolute atomic E-state index is 0.125. The van der Waals surface area contributed by atoms with Crippen molar-refractivity contribution in [3.63, 3.8) is 0 Å². The summed E-state index contributed by atoms with van der Waals surface area (Å²) < 4.78 is 12.6. The summed E-state index contributed by atoms with van der Waals surface area (Å²) in [6, 6.07) is 6.60. The summed E-state index contributed by atoms with van der Waals surface area (Å²) in [7, 11) is 1.82. The molecule has 1 atom stereocenters. The number of aliphatic hydroxyl groups is 1. The Hall–Kier alpha value is -0.930. The number of aliphatic hydroxyl groups excluding tert-OH is 1. The van der Waals surface area contributed by atoms with Crippen LogP contribution in [-0.4, -0.2) is 24.8 Å². The van der Waals surface area contributed by atoms with Gasteiger partial charge in [-0.2, -0.15) is 0 Å². The average Bonchev–Trinajstić information content (AvgIpc) is 2.22. The molecule has 78 valence electrons. The first-order valence-electron chi connectivity index (χ1n) is 4.79. The molecule has 0 radical (unpaired) electrons. The van der Waals surface area contributed by atoms with Gasteiger partial charge in [0, 0.05) is 6.04 Å². The van der Waals surface area contributed by atoms with Gasteiger partial charge < -0.3 is 10.4 Å². The maximum atomic E-state index is 12.6. The lowest BCUT2D eigenvalue weighted by Crippen LogP contribution is -2.29. The van der Waals surface area contributed by atoms with Gasteiger partial charge in [0.05, 0.1) is 6.61 Å². The highest BCUT2D eigenvalue weighted by molar-refractivity contribution is 5.16. The van der Waals surface area contributed by atoms with E-state index in [0.29, 0.717) is 0 Å². The van der Waals surface area contributed by atoms with Gasteiger partial charge in [-0.15, -0.1) is 0 Å². The zero-order valence-corrected chi connectivity index (χ0v) is 8.33. The number of halogens is 1. The molecule has 0 heterocycles. The van der Waals surface area contributed by atoms with Crippen molar-refractivity contribution >= 4 is 0 Å². The predicted molar refractivity (Wildman–Crippen MR) is 54.7 cm³/mol. The number of benzene rings is 1. The molecule has 1 aromatic rings. The van der Waals surface area contributed by atoms with E-state index in [1.807, 2.05) is 7.05 Å². The summed E-state index contributed by atoms with van der Waals surface area (Å²) in [6.45, 7) is 0.137. The zero-order chi connectivity index (χ0) is 10.4. The van der Waals surface area contributed by atoms with Crippen molar-refractivity contribution in [1.29, 1.82) is 0 Å². The third kappa shape index (κ3) is 3.44. The van der Waals surface area contributed by atoms with Crippen LogP contribution in [0.4, 0.5) is 4.39 Å². The molecule has 0 aromatic heterocycles. The van der Waals surface area contributed by atoms with Crippen molar-refractivity contribution in [1.82, 2.24) is 5.32 Å². The molecule has 0 aliphatic carbocycles. The van der Waals surface area contributed by atoms with Crippen LogP contribution in [0.2, 0.25) is 0 Å². The van der Waals surface area contributed by atoms with Gasteiger partial charge in [-0.3, -0.25) is 0 Å². The number of aryl methyl sites for hydroxylation is 1. The van der Waals surface area contributed by atoms with E-state index in [1.54, 1.807) is 12.1 Å². The first kappa shape index (κ1) is 11.1. The Bertz CT molecular complexity index is 256. The fraction of sp³-hybridized carbons (Fsp3) is 0.455. The van der Waals surface area contributed by atoms with Crippen LogP contribution in [-0.2, 0) is 6.42 Å². The fourth-order valence-electron chi connectivity index (χ4n) is 1.32. The Labute approximate surface area is 83.8 Å². The normalized spacial score (nSPS) is 12.8. The highest BCUT2D eigenvalue weighted by Gasteiger charge is 2.03. The highest BCUT2D eigenvalue weighted by Crippen LogP contribution is 2.06. The Morgan fingerprint density at radius 3 is 2.50 bits per heavy atom. The second-order valence-electron chi connectivity index (χ2n) is 3.33. The summed E-state index contributed by atoms with van der Waals surface area (Å²) in [5.74, 6) is -0.207. The SMILES string of the molecule is CNC(CO)CCc1ccc(F)cc1. The van der Waals surface area contributed by atoms with Crippen molar-refractivity contribution < 1.29 is 9.50 Å². The molecule has 0 aliphatic heterocycles. The molecule has 1 rings (SSSR count). The van der Waals surface area contributed by atoms with Gasteiger partial charge in [-0.05, 0) is 37.6 Å². The second-order valence-corrected chi connectivity index (χ2v) is 3.33.